The maximum Gasteiger partial charge on any atom is 0.286 e. The number of hydrogen-bond acceptors (Lipinski definition) is 6. The van der Waals surface area contributed by atoms with Gasteiger partial charge in [-0.2, -0.15) is 8.42 Å². The molecule has 0 fully saturated rings. The number of benzene rings is 2. The first-order valence-electron chi connectivity index (χ1n) is 9.06. The second-order valence-corrected chi connectivity index (χ2v) is 8.67. The molecule has 0 unspecified atom stereocenters. The Morgan fingerprint density at radius 3 is 2.65 bits per heavy atom. The molecule has 0 spiro atoms. The summed E-state index contributed by atoms with van der Waals surface area (Å²) in [6.07, 6.45) is 0. The molecule has 0 bridgehead atoms. The lowest BCUT2D eigenvalue weighted by atomic mass is 10.1. The van der Waals surface area contributed by atoms with Gasteiger partial charge in [0.2, 0.25) is 5.91 Å². The van der Waals surface area contributed by atoms with Crippen molar-refractivity contribution in [3.05, 3.63) is 64.2 Å². The van der Waals surface area contributed by atoms with Crippen LogP contribution in [0.1, 0.15) is 5.56 Å². The summed E-state index contributed by atoms with van der Waals surface area (Å²) in [7, 11) is -1.15. The summed E-state index contributed by atoms with van der Waals surface area (Å²) in [5, 5.41) is 13.5. The van der Waals surface area contributed by atoms with Crippen molar-refractivity contribution in [2.24, 2.45) is 4.40 Å². The molecule has 1 amide bonds. The number of aromatic nitrogens is 1. The first-order chi connectivity index (χ1) is 14.6. The fourth-order valence-corrected chi connectivity index (χ4v) is 4.41. The van der Waals surface area contributed by atoms with Gasteiger partial charge in [-0.3, -0.25) is 14.2 Å². The third-order valence-corrected chi connectivity index (χ3v) is 6.19. The Morgan fingerprint density at radius 1 is 1.23 bits per heavy atom. The molecule has 1 aromatic heterocycles. The van der Waals surface area contributed by atoms with Crippen LogP contribution >= 0.6 is 0 Å². The lowest BCUT2D eigenvalue weighted by molar-refractivity contribution is -0.129. The molecule has 11 heteroatoms. The molecule has 3 aromatic rings. The number of fused-ring (bicyclic) bond motifs is 2. The summed E-state index contributed by atoms with van der Waals surface area (Å²) in [6.45, 7) is -0.405. The van der Waals surface area contributed by atoms with E-state index in [1.54, 1.807) is 6.07 Å². The number of nitrogens with one attached hydrogen (secondary N) is 1. The number of anilines is 1. The zero-order valence-electron chi connectivity index (χ0n) is 16.5. The fraction of sp³-hybridized carbons (Fsp3) is 0.150. The average molecular weight is 444 g/mol. The number of likely N-dealkylation sites (N-methyl/N-ethyl adjacent to an activating group) is 1. The molecule has 31 heavy (non-hydrogen) atoms. The van der Waals surface area contributed by atoms with Crippen molar-refractivity contribution >= 4 is 38.4 Å². The number of carbonyl (C=O) groups excluding carboxylic acids is 1. The summed E-state index contributed by atoms with van der Waals surface area (Å²) in [5.41, 5.74) is -1.06. The highest BCUT2D eigenvalue weighted by molar-refractivity contribution is 7.90. The van der Waals surface area contributed by atoms with Gasteiger partial charge < -0.3 is 15.3 Å². The first-order valence-corrected chi connectivity index (χ1v) is 10.5. The number of amidine groups is 1. The largest absolute Gasteiger partial charge is 0.506 e. The number of para-hydroxylation sites is 1. The van der Waals surface area contributed by atoms with Gasteiger partial charge in [0.25, 0.3) is 15.6 Å². The van der Waals surface area contributed by atoms with Gasteiger partial charge in [0.1, 0.15) is 28.6 Å². The van der Waals surface area contributed by atoms with E-state index in [9.17, 15) is 27.5 Å². The van der Waals surface area contributed by atoms with E-state index in [4.69, 9.17) is 0 Å². The Bertz CT molecular complexity index is 1440. The highest BCUT2D eigenvalue weighted by Crippen LogP contribution is 2.32. The van der Waals surface area contributed by atoms with Gasteiger partial charge >= 0.3 is 0 Å². The van der Waals surface area contributed by atoms with Gasteiger partial charge in [-0.1, -0.05) is 12.1 Å². The molecule has 0 aliphatic carbocycles. The number of rotatable bonds is 3. The maximum absolute atomic E-state index is 13.9. The van der Waals surface area contributed by atoms with E-state index >= 15 is 0 Å². The zero-order chi connectivity index (χ0) is 22.5. The lowest BCUT2D eigenvalue weighted by Crippen LogP contribution is -2.36. The molecule has 1 aliphatic rings. The minimum atomic E-state index is -4.17. The van der Waals surface area contributed by atoms with Gasteiger partial charge in [0.15, 0.2) is 5.84 Å². The number of sulfonamides is 1. The number of carbonyl (C=O) groups is 1. The van der Waals surface area contributed by atoms with E-state index in [1.807, 2.05) is 0 Å². The van der Waals surface area contributed by atoms with Gasteiger partial charge in [-0.25, -0.2) is 4.39 Å². The third kappa shape index (κ3) is 3.42. The molecule has 4 rings (SSSR count). The number of hydrogen-bond donors (Lipinski definition) is 2. The third-order valence-electron chi connectivity index (χ3n) is 4.86. The van der Waals surface area contributed by atoms with Crippen molar-refractivity contribution in [2.75, 3.05) is 19.4 Å². The van der Waals surface area contributed by atoms with E-state index < -0.39 is 51.0 Å². The number of pyridine rings is 1. The van der Waals surface area contributed by atoms with Crippen LogP contribution in [0.25, 0.3) is 10.9 Å². The number of nitrogens with zero attached hydrogens (tertiary/aromatic N) is 3. The fourth-order valence-electron chi connectivity index (χ4n) is 3.28. The van der Waals surface area contributed by atoms with E-state index in [2.05, 4.69) is 9.71 Å². The van der Waals surface area contributed by atoms with Crippen molar-refractivity contribution in [1.29, 1.82) is 0 Å². The van der Waals surface area contributed by atoms with Crippen LogP contribution in [-0.4, -0.2) is 48.8 Å². The molecule has 0 saturated heterocycles. The molecule has 2 N–H and O–H groups in total. The quantitative estimate of drug-likeness (QED) is 0.632. The van der Waals surface area contributed by atoms with Crippen LogP contribution in [-0.2, 0) is 21.4 Å². The monoisotopic (exact) mass is 444 g/mol. The van der Waals surface area contributed by atoms with Crippen LogP contribution in [0.5, 0.6) is 5.75 Å². The molecule has 160 valence electrons. The van der Waals surface area contributed by atoms with Crippen molar-refractivity contribution in [1.82, 2.24) is 9.47 Å². The van der Waals surface area contributed by atoms with Crippen molar-refractivity contribution in [3.63, 3.8) is 0 Å². The molecule has 0 atom stereocenters. The Kier molecular flexibility index (Phi) is 4.77. The van der Waals surface area contributed by atoms with Gasteiger partial charge in [0.05, 0.1) is 11.2 Å². The topological polar surface area (TPSA) is 121 Å². The van der Waals surface area contributed by atoms with E-state index in [0.717, 1.165) is 16.7 Å². The van der Waals surface area contributed by atoms with Crippen LogP contribution in [0.3, 0.4) is 0 Å². The summed E-state index contributed by atoms with van der Waals surface area (Å²) < 4.78 is 43.8. The molecule has 9 nitrogen and oxygen atoms in total. The average Bonchev–Trinajstić information content (AvgIpc) is 2.70. The summed E-state index contributed by atoms with van der Waals surface area (Å²) in [5.74, 6) is -2.18. The van der Waals surface area contributed by atoms with E-state index in [-0.39, 0.29) is 21.5 Å². The standard InChI is InChI=1S/C20H17FN4O5S/c1-24(2)16(26)10-25-14-8-7-11(21)9-12(14)18(27)17(20(25)28)19-22-13-5-3-4-6-15(13)31(29,30)23-19/h3-9,27H,10H2,1-2H3,(H,22,23). The zero-order valence-corrected chi connectivity index (χ0v) is 17.3. The van der Waals surface area contributed by atoms with Crippen LogP contribution in [0.15, 0.2) is 56.6 Å². The van der Waals surface area contributed by atoms with Gasteiger partial charge in [-0.05, 0) is 30.3 Å². The van der Waals surface area contributed by atoms with Gasteiger partial charge in [-0.15, -0.1) is 4.40 Å². The minimum Gasteiger partial charge on any atom is -0.506 e. The van der Waals surface area contributed by atoms with Crippen LogP contribution in [0, 0.1) is 5.82 Å². The molecule has 2 aromatic carbocycles. The number of amides is 1. The van der Waals surface area contributed by atoms with Crippen LogP contribution < -0.4 is 10.9 Å². The SMILES string of the molecule is CN(C)C(=O)Cn1c(=O)c(C2=NS(=O)(=O)c3ccccc3N2)c(O)c2cc(F)ccc21. The maximum atomic E-state index is 13.9. The molecule has 0 saturated carbocycles. The van der Waals surface area contributed by atoms with Crippen LogP contribution in [0.2, 0.25) is 0 Å². The van der Waals surface area contributed by atoms with Crippen LogP contribution in [0.4, 0.5) is 10.1 Å². The number of halogens is 1. The van der Waals surface area contributed by atoms with Crippen molar-refractivity contribution in [3.8, 4) is 5.75 Å². The lowest BCUT2D eigenvalue weighted by Gasteiger charge is -2.21. The molecule has 2 heterocycles. The molecule has 0 radical (unpaired) electrons. The Balaban J connectivity index is 2.03. The summed E-state index contributed by atoms with van der Waals surface area (Å²) in [6, 6.07) is 9.29. The molecular weight excluding hydrogens is 427 g/mol. The second-order valence-electron chi connectivity index (χ2n) is 7.10. The van der Waals surface area contributed by atoms with E-state index in [1.165, 1.54) is 43.3 Å². The van der Waals surface area contributed by atoms with Crippen molar-refractivity contribution in [2.45, 2.75) is 11.4 Å². The normalized spacial score (nSPS) is 14.5. The van der Waals surface area contributed by atoms with Crippen molar-refractivity contribution < 1.29 is 22.7 Å². The smallest absolute Gasteiger partial charge is 0.286 e. The Hall–Kier alpha value is -3.73. The van der Waals surface area contributed by atoms with E-state index in [0.29, 0.717) is 0 Å². The second kappa shape index (κ2) is 7.20. The first kappa shape index (κ1) is 20.5. The predicted octanol–water partition coefficient (Wildman–Crippen LogP) is 1.50. The highest BCUT2D eigenvalue weighted by Gasteiger charge is 2.30. The molecular formula is C20H17FN4O5S. The predicted molar refractivity (Wildman–Crippen MR) is 112 cm³/mol. The van der Waals surface area contributed by atoms with Gasteiger partial charge in [0, 0.05) is 19.5 Å². The molecule has 1 aliphatic heterocycles. The Morgan fingerprint density at radius 2 is 1.94 bits per heavy atom. The number of aromatic hydroxyl groups is 1. The minimum absolute atomic E-state index is 0.0677. The summed E-state index contributed by atoms with van der Waals surface area (Å²) >= 11 is 0. The Labute approximate surface area is 176 Å². The summed E-state index contributed by atoms with van der Waals surface area (Å²) in [4.78, 5) is 26.8. The highest BCUT2D eigenvalue weighted by atomic mass is 32.2.